The molecule has 1 heterocycles. The Hall–Kier alpha value is -8.14. The summed E-state index contributed by atoms with van der Waals surface area (Å²) in [5.41, 5.74) is 19.3. The Morgan fingerprint density at radius 3 is 1.73 bits per heavy atom. The summed E-state index contributed by atoms with van der Waals surface area (Å²) in [6.45, 7) is 4.72. The topological polar surface area (TPSA) is 28.4 Å². The molecule has 0 unspecified atom stereocenters. The fourth-order valence-corrected chi connectivity index (χ4v) is 9.89. The van der Waals surface area contributed by atoms with Crippen molar-refractivity contribution in [1.82, 2.24) is 0 Å². The molecule has 1 aromatic heterocycles. The minimum atomic E-state index is -0.233. The van der Waals surface area contributed by atoms with Gasteiger partial charge in [0, 0.05) is 50.2 Å². The van der Waals surface area contributed by atoms with Gasteiger partial charge in [-0.05, 0) is 140 Å². The van der Waals surface area contributed by atoms with E-state index in [0.717, 1.165) is 61.5 Å². The summed E-state index contributed by atoms with van der Waals surface area (Å²) in [6.07, 6.45) is 0. The Balaban J connectivity index is 0.915. The fraction of sp³-hybridized carbons (Fsp3) is 0.0492. The average Bonchev–Trinajstić information content (AvgIpc) is 3.83. The van der Waals surface area contributed by atoms with E-state index >= 15 is 0 Å². The van der Waals surface area contributed by atoms with Crippen LogP contribution in [0.3, 0.4) is 0 Å². The second-order valence-electron chi connectivity index (χ2n) is 17.5. The quantitative estimate of drug-likeness (QED) is 0.166. The van der Waals surface area contributed by atoms with Gasteiger partial charge in [0.25, 0.3) is 0 Å². The van der Waals surface area contributed by atoms with Crippen LogP contribution in [0.1, 0.15) is 25.0 Å². The monoisotopic (exact) mass is 820 g/mol. The Bertz CT molecular complexity index is 3550. The number of fused-ring (bicyclic) bond motifs is 7. The lowest BCUT2D eigenvalue weighted by Crippen LogP contribution is -2.16. The maximum Gasteiger partial charge on any atom is 0.135 e. The maximum absolute atomic E-state index is 6.15. The third-order valence-corrected chi connectivity index (χ3v) is 13.3. The molecule has 0 saturated heterocycles. The van der Waals surface area contributed by atoms with Crippen LogP contribution in [-0.4, -0.2) is 0 Å². The molecular formula is C61H44N2O. The van der Waals surface area contributed by atoms with Gasteiger partial charge in [0.1, 0.15) is 11.2 Å². The molecule has 3 nitrogen and oxygen atoms in total. The van der Waals surface area contributed by atoms with Gasteiger partial charge in [-0.15, -0.1) is 0 Å². The van der Waals surface area contributed by atoms with E-state index in [2.05, 4.69) is 236 Å². The van der Waals surface area contributed by atoms with Crippen molar-refractivity contribution in [2.45, 2.75) is 19.3 Å². The van der Waals surface area contributed by atoms with Crippen LogP contribution < -0.4 is 10.2 Å². The molecule has 0 radical (unpaired) electrons. The van der Waals surface area contributed by atoms with Gasteiger partial charge in [-0.1, -0.05) is 159 Å². The number of furan rings is 1. The van der Waals surface area contributed by atoms with E-state index in [1.54, 1.807) is 0 Å². The average molecular weight is 821 g/mol. The molecule has 0 aliphatic heterocycles. The lowest BCUT2D eigenvalue weighted by atomic mass is 9.82. The Morgan fingerprint density at radius 1 is 0.375 bits per heavy atom. The lowest BCUT2D eigenvalue weighted by Gasteiger charge is -2.28. The van der Waals surface area contributed by atoms with E-state index in [9.17, 15) is 0 Å². The van der Waals surface area contributed by atoms with Crippen molar-refractivity contribution in [2.75, 3.05) is 10.2 Å². The van der Waals surface area contributed by atoms with Gasteiger partial charge in [-0.3, -0.25) is 0 Å². The van der Waals surface area contributed by atoms with E-state index in [1.807, 2.05) is 12.1 Å². The highest BCUT2D eigenvalue weighted by molar-refractivity contribution is 6.06. The Labute approximate surface area is 373 Å². The van der Waals surface area contributed by atoms with Crippen molar-refractivity contribution in [3.8, 4) is 44.5 Å². The van der Waals surface area contributed by atoms with Crippen molar-refractivity contribution in [1.29, 1.82) is 0 Å². The van der Waals surface area contributed by atoms with Crippen LogP contribution in [0.4, 0.5) is 28.4 Å². The van der Waals surface area contributed by atoms with Gasteiger partial charge < -0.3 is 14.6 Å². The zero-order valence-corrected chi connectivity index (χ0v) is 35.7. The molecule has 3 heteroatoms. The summed E-state index contributed by atoms with van der Waals surface area (Å²) in [6, 6.07) is 81.1. The predicted octanol–water partition coefficient (Wildman–Crippen LogP) is 17.3. The number of anilines is 5. The number of benzene rings is 10. The van der Waals surface area contributed by atoms with E-state index < -0.39 is 0 Å². The maximum atomic E-state index is 6.15. The summed E-state index contributed by atoms with van der Waals surface area (Å²) in [5, 5.41) is 8.54. The molecule has 64 heavy (non-hydrogen) atoms. The Morgan fingerprint density at radius 2 is 0.953 bits per heavy atom. The molecule has 0 spiro atoms. The molecule has 0 bridgehead atoms. The smallest absolute Gasteiger partial charge is 0.135 e. The van der Waals surface area contributed by atoms with Gasteiger partial charge in [-0.2, -0.15) is 0 Å². The van der Waals surface area contributed by atoms with Gasteiger partial charge >= 0.3 is 0 Å². The van der Waals surface area contributed by atoms with Crippen molar-refractivity contribution < 1.29 is 4.42 Å². The van der Waals surface area contributed by atoms with E-state index in [0.29, 0.717) is 0 Å². The first-order valence-electron chi connectivity index (χ1n) is 22.1. The zero-order chi connectivity index (χ0) is 42.8. The summed E-state index contributed by atoms with van der Waals surface area (Å²) < 4.78 is 6.15. The van der Waals surface area contributed by atoms with Crippen molar-refractivity contribution in [3.05, 3.63) is 236 Å². The number of para-hydroxylation sites is 2. The van der Waals surface area contributed by atoms with Crippen LogP contribution in [0.15, 0.2) is 229 Å². The number of hydrogen-bond donors (Lipinski definition) is 1. The normalized spacial score (nSPS) is 12.7. The first kappa shape index (κ1) is 37.6. The van der Waals surface area contributed by atoms with Gasteiger partial charge in [-0.25, -0.2) is 0 Å². The first-order valence-corrected chi connectivity index (χ1v) is 22.1. The van der Waals surface area contributed by atoms with Crippen LogP contribution in [0.25, 0.3) is 77.2 Å². The molecular weight excluding hydrogens is 777 g/mol. The molecule has 0 amide bonds. The largest absolute Gasteiger partial charge is 0.456 e. The Kier molecular flexibility index (Phi) is 8.84. The second-order valence-corrected chi connectivity index (χ2v) is 17.5. The van der Waals surface area contributed by atoms with Gasteiger partial charge in [0.05, 0.1) is 0 Å². The SMILES string of the molecule is CC1(C)c2cc(Nc3ccccc3-c3ccccc3)ccc2-c2ccc(N(c3ccc(-c4ccc5ccccc5c4)cc3)c3ccc(-c4ccc5oc6ccccc6c5c4)cc3)cc21. The molecule has 0 saturated carbocycles. The number of nitrogens with one attached hydrogen (secondary N) is 1. The molecule has 12 rings (SSSR count). The molecule has 11 aromatic rings. The third-order valence-electron chi connectivity index (χ3n) is 13.3. The van der Waals surface area contributed by atoms with Crippen LogP contribution in [0.2, 0.25) is 0 Å². The fourth-order valence-electron chi connectivity index (χ4n) is 9.89. The predicted molar refractivity (Wildman–Crippen MR) is 270 cm³/mol. The highest BCUT2D eigenvalue weighted by Crippen LogP contribution is 2.52. The van der Waals surface area contributed by atoms with E-state index in [4.69, 9.17) is 4.42 Å². The summed E-state index contributed by atoms with van der Waals surface area (Å²) in [4.78, 5) is 2.40. The minimum Gasteiger partial charge on any atom is -0.456 e. The standard InChI is InChI=1S/C61H44N2O/c1-61(2)56-38-47(62-58-18-10-8-16-51(58)43-13-4-3-5-14-43)27-33-52(56)53-34-32-50(39-57(53)61)63(48-28-22-41(23-29-48)45-21-20-40-12-6-7-15-44(40)36-45)49-30-24-42(25-31-49)46-26-35-60-55(37-46)54-17-9-11-19-59(54)64-60/h3-39,62H,1-2H3. The van der Waals surface area contributed by atoms with Gasteiger partial charge in [0.2, 0.25) is 0 Å². The molecule has 10 aromatic carbocycles. The van der Waals surface area contributed by atoms with E-state index in [-0.39, 0.29) is 5.41 Å². The van der Waals surface area contributed by atoms with Crippen molar-refractivity contribution in [2.24, 2.45) is 0 Å². The number of rotatable bonds is 8. The summed E-state index contributed by atoms with van der Waals surface area (Å²) in [7, 11) is 0. The number of nitrogens with zero attached hydrogens (tertiary/aromatic N) is 1. The molecule has 1 aliphatic rings. The summed E-state index contributed by atoms with van der Waals surface area (Å²) >= 11 is 0. The molecule has 0 fully saturated rings. The summed E-state index contributed by atoms with van der Waals surface area (Å²) in [5.74, 6) is 0. The molecule has 1 N–H and O–H groups in total. The second kappa shape index (κ2) is 15.0. The molecule has 1 aliphatic carbocycles. The van der Waals surface area contributed by atoms with Crippen LogP contribution in [0.5, 0.6) is 0 Å². The van der Waals surface area contributed by atoms with Crippen LogP contribution in [0, 0.1) is 0 Å². The molecule has 304 valence electrons. The molecule has 0 atom stereocenters. The van der Waals surface area contributed by atoms with Gasteiger partial charge in [0.15, 0.2) is 0 Å². The first-order chi connectivity index (χ1) is 31.4. The van der Waals surface area contributed by atoms with Crippen molar-refractivity contribution >= 4 is 61.1 Å². The van der Waals surface area contributed by atoms with Crippen molar-refractivity contribution in [3.63, 3.8) is 0 Å². The highest BCUT2D eigenvalue weighted by atomic mass is 16.3. The lowest BCUT2D eigenvalue weighted by molar-refractivity contribution is 0.660. The number of hydrogen-bond acceptors (Lipinski definition) is 3. The van der Waals surface area contributed by atoms with E-state index in [1.165, 1.54) is 55.3 Å². The third kappa shape index (κ3) is 6.44. The van der Waals surface area contributed by atoms with Crippen LogP contribution in [-0.2, 0) is 5.41 Å². The van der Waals surface area contributed by atoms with Crippen LogP contribution >= 0.6 is 0 Å². The minimum absolute atomic E-state index is 0.233. The zero-order valence-electron chi connectivity index (χ0n) is 35.7. The highest BCUT2D eigenvalue weighted by Gasteiger charge is 2.36.